The highest BCUT2D eigenvalue weighted by Crippen LogP contribution is 2.32. The average molecular weight is 372 g/mol. The van der Waals surface area contributed by atoms with E-state index in [9.17, 15) is 4.39 Å². The molecule has 2 aliphatic heterocycles. The summed E-state index contributed by atoms with van der Waals surface area (Å²) in [4.78, 5) is 12.9. The molecule has 6 nitrogen and oxygen atoms in total. The highest BCUT2D eigenvalue weighted by atomic mass is 19.1. The summed E-state index contributed by atoms with van der Waals surface area (Å²) in [7, 11) is 1.62. The largest absolute Gasteiger partial charge is 0.481 e. The van der Waals surface area contributed by atoms with Crippen LogP contribution < -0.4 is 9.64 Å². The minimum atomic E-state index is -0.258. The van der Waals surface area contributed by atoms with Crippen molar-refractivity contribution in [1.29, 1.82) is 0 Å². The Morgan fingerprint density at radius 3 is 2.74 bits per heavy atom. The van der Waals surface area contributed by atoms with Gasteiger partial charge in [0.05, 0.1) is 19.3 Å². The molecule has 0 N–H and O–H groups in total. The van der Waals surface area contributed by atoms with Gasteiger partial charge in [0.15, 0.2) is 11.6 Å². The second-order valence-corrected chi connectivity index (χ2v) is 7.25. The van der Waals surface area contributed by atoms with Crippen LogP contribution in [0.4, 0.5) is 10.2 Å². The van der Waals surface area contributed by atoms with Gasteiger partial charge in [-0.15, -0.1) is 0 Å². The lowest BCUT2D eigenvalue weighted by Gasteiger charge is -2.47. The third kappa shape index (κ3) is 4.04. The van der Waals surface area contributed by atoms with Gasteiger partial charge in [-0.2, -0.15) is 0 Å². The molecule has 2 fully saturated rings. The molecule has 7 heteroatoms. The molecule has 0 aromatic carbocycles. The summed E-state index contributed by atoms with van der Waals surface area (Å²) < 4.78 is 25.3. The van der Waals surface area contributed by atoms with Crippen LogP contribution in [0.2, 0.25) is 0 Å². The monoisotopic (exact) mass is 372 g/mol. The molecule has 0 amide bonds. The molecule has 0 saturated carbocycles. The zero-order chi connectivity index (χ0) is 18.7. The van der Waals surface area contributed by atoms with E-state index in [2.05, 4.69) is 20.9 Å². The smallest absolute Gasteiger partial charge is 0.212 e. The molecule has 0 bridgehead atoms. The number of rotatable bonds is 4. The third-order valence-corrected chi connectivity index (χ3v) is 5.45. The number of methoxy groups -OCH3 is 1. The number of aromatic nitrogens is 2. The fraction of sp³-hybridized carbons (Fsp3) is 0.500. The molecule has 0 atom stereocenters. The van der Waals surface area contributed by atoms with E-state index in [0.29, 0.717) is 11.7 Å². The normalized spacial score (nSPS) is 20.0. The lowest BCUT2D eigenvalue weighted by Crippen LogP contribution is -2.56. The van der Waals surface area contributed by atoms with Crippen LogP contribution in [0.25, 0.3) is 0 Å². The van der Waals surface area contributed by atoms with Crippen molar-refractivity contribution in [2.75, 3.05) is 44.8 Å². The van der Waals surface area contributed by atoms with E-state index in [1.54, 1.807) is 19.4 Å². The number of ether oxygens (including phenoxy) is 2. The van der Waals surface area contributed by atoms with Crippen molar-refractivity contribution in [2.45, 2.75) is 25.0 Å². The maximum absolute atomic E-state index is 14.0. The molecule has 2 aliphatic rings. The molecular weight excluding hydrogens is 347 g/mol. The number of halogens is 1. The number of morpholine rings is 1. The van der Waals surface area contributed by atoms with Gasteiger partial charge in [-0.3, -0.25) is 4.90 Å². The molecule has 4 rings (SSSR count). The summed E-state index contributed by atoms with van der Waals surface area (Å²) in [5.74, 6) is 0.822. The molecule has 0 unspecified atom stereocenters. The second kappa shape index (κ2) is 7.78. The number of hydrogen-bond donors (Lipinski definition) is 0. The van der Waals surface area contributed by atoms with E-state index < -0.39 is 0 Å². The molecule has 2 aromatic rings. The van der Waals surface area contributed by atoms with E-state index >= 15 is 0 Å². The van der Waals surface area contributed by atoms with Crippen molar-refractivity contribution >= 4 is 5.82 Å². The third-order valence-electron chi connectivity index (χ3n) is 5.45. The Morgan fingerprint density at radius 2 is 2.04 bits per heavy atom. The Balaban J connectivity index is 1.37. The van der Waals surface area contributed by atoms with E-state index in [1.807, 2.05) is 17.2 Å². The van der Waals surface area contributed by atoms with E-state index in [-0.39, 0.29) is 11.4 Å². The van der Waals surface area contributed by atoms with Crippen molar-refractivity contribution in [1.82, 2.24) is 14.9 Å². The van der Waals surface area contributed by atoms with Gasteiger partial charge in [0.25, 0.3) is 0 Å². The van der Waals surface area contributed by atoms with Crippen molar-refractivity contribution in [2.24, 2.45) is 0 Å². The minimum Gasteiger partial charge on any atom is -0.481 e. The van der Waals surface area contributed by atoms with Crippen LogP contribution in [0.3, 0.4) is 0 Å². The first-order valence-corrected chi connectivity index (χ1v) is 9.38. The van der Waals surface area contributed by atoms with E-state index in [1.165, 1.54) is 11.6 Å². The fourth-order valence-electron chi connectivity index (χ4n) is 3.98. The van der Waals surface area contributed by atoms with Gasteiger partial charge in [0.1, 0.15) is 0 Å². The van der Waals surface area contributed by atoms with Crippen LogP contribution in [0.1, 0.15) is 18.4 Å². The summed E-state index contributed by atoms with van der Waals surface area (Å²) in [6, 6.07) is 7.04. The number of nitrogens with zero attached hydrogens (tertiary/aromatic N) is 4. The summed E-state index contributed by atoms with van der Waals surface area (Å²) >= 11 is 0. The van der Waals surface area contributed by atoms with Gasteiger partial charge >= 0.3 is 0 Å². The highest BCUT2D eigenvalue weighted by Gasteiger charge is 2.40. The van der Waals surface area contributed by atoms with E-state index in [4.69, 9.17) is 9.47 Å². The summed E-state index contributed by atoms with van der Waals surface area (Å²) in [5, 5.41) is 0. The zero-order valence-electron chi connectivity index (χ0n) is 15.6. The van der Waals surface area contributed by atoms with Crippen molar-refractivity contribution in [3.63, 3.8) is 0 Å². The van der Waals surface area contributed by atoms with Crippen molar-refractivity contribution in [3.05, 3.63) is 48.0 Å². The lowest BCUT2D eigenvalue weighted by atomic mass is 9.89. The van der Waals surface area contributed by atoms with Crippen LogP contribution in [0.5, 0.6) is 5.88 Å². The molecule has 144 valence electrons. The molecule has 2 aromatic heterocycles. The maximum Gasteiger partial charge on any atom is 0.212 e. The predicted octanol–water partition coefficient (Wildman–Crippen LogP) is 2.50. The number of pyridine rings is 2. The Kier molecular flexibility index (Phi) is 5.22. The first kappa shape index (κ1) is 18.1. The zero-order valence-corrected chi connectivity index (χ0v) is 15.6. The Hall–Kier alpha value is -2.25. The standard InChI is InChI=1S/C20H25FN4O2/c1-26-18-5-4-16(13-23-18)14-24-11-12-27-20(15-24)6-9-25(10-7-20)19-17(21)3-2-8-22-19/h2-5,8,13H,6-7,9-12,14-15H2,1H3. The lowest BCUT2D eigenvalue weighted by molar-refractivity contribution is -0.122. The van der Waals surface area contributed by atoms with Crippen molar-refractivity contribution < 1.29 is 13.9 Å². The van der Waals surface area contributed by atoms with Gasteiger partial charge in [-0.05, 0) is 30.5 Å². The number of anilines is 1. The van der Waals surface area contributed by atoms with Gasteiger partial charge in [0, 0.05) is 51.2 Å². The van der Waals surface area contributed by atoms with Gasteiger partial charge in [-0.25, -0.2) is 14.4 Å². The molecule has 0 radical (unpaired) electrons. The Bertz CT molecular complexity index is 763. The molecule has 4 heterocycles. The van der Waals surface area contributed by atoms with E-state index in [0.717, 1.165) is 52.2 Å². The topological polar surface area (TPSA) is 50.7 Å². The Labute approximate surface area is 158 Å². The van der Waals surface area contributed by atoms with Crippen LogP contribution in [-0.2, 0) is 11.3 Å². The minimum absolute atomic E-state index is 0.153. The van der Waals surface area contributed by atoms with Crippen LogP contribution in [-0.4, -0.2) is 60.4 Å². The van der Waals surface area contributed by atoms with Crippen LogP contribution >= 0.6 is 0 Å². The number of hydrogen-bond acceptors (Lipinski definition) is 6. The van der Waals surface area contributed by atoms with Gasteiger partial charge < -0.3 is 14.4 Å². The maximum atomic E-state index is 14.0. The molecule has 1 spiro atoms. The average Bonchev–Trinajstić information content (AvgIpc) is 2.70. The molecule has 27 heavy (non-hydrogen) atoms. The van der Waals surface area contributed by atoms with Gasteiger partial charge in [-0.1, -0.05) is 6.07 Å². The fourth-order valence-corrected chi connectivity index (χ4v) is 3.98. The summed E-state index contributed by atoms with van der Waals surface area (Å²) in [6.45, 7) is 4.88. The summed E-state index contributed by atoms with van der Waals surface area (Å²) in [5.41, 5.74) is 1.01. The Morgan fingerprint density at radius 1 is 1.19 bits per heavy atom. The molecule has 2 saturated heterocycles. The first-order chi connectivity index (χ1) is 13.2. The first-order valence-electron chi connectivity index (χ1n) is 9.38. The summed E-state index contributed by atoms with van der Waals surface area (Å²) in [6.07, 6.45) is 5.26. The molecule has 0 aliphatic carbocycles. The SMILES string of the molecule is COc1ccc(CN2CCOC3(CCN(c4ncccc4F)CC3)C2)cn1. The van der Waals surface area contributed by atoms with Crippen LogP contribution in [0, 0.1) is 5.82 Å². The van der Waals surface area contributed by atoms with Crippen LogP contribution in [0.15, 0.2) is 36.7 Å². The van der Waals surface area contributed by atoms with Gasteiger partial charge in [0.2, 0.25) is 5.88 Å². The quantitative estimate of drug-likeness (QED) is 0.822. The number of piperidine rings is 1. The predicted molar refractivity (Wildman–Crippen MR) is 100 cm³/mol. The highest BCUT2D eigenvalue weighted by molar-refractivity contribution is 5.40. The second-order valence-electron chi connectivity index (χ2n) is 7.25. The molecular formula is C20H25FN4O2. The van der Waals surface area contributed by atoms with Crippen molar-refractivity contribution in [3.8, 4) is 5.88 Å².